The molecule has 14 heteroatoms. The highest BCUT2D eigenvalue weighted by atomic mass is 35.5. The number of carbonyl (C=O) groups excluding carboxylic acids is 1. The number of nitrogens with one attached hydrogen (secondary N) is 2. The Morgan fingerprint density at radius 3 is 2.73 bits per heavy atom. The Hall–Kier alpha value is -4.78. The van der Waals surface area contributed by atoms with Gasteiger partial charge in [0.2, 0.25) is 5.95 Å². The molecule has 0 atom stereocenters. The van der Waals surface area contributed by atoms with Crippen LogP contribution >= 0.6 is 12.4 Å². The molecule has 5 heterocycles. The van der Waals surface area contributed by atoms with Gasteiger partial charge in [-0.3, -0.25) is 14.8 Å². The van der Waals surface area contributed by atoms with Gasteiger partial charge in [-0.15, -0.1) is 12.4 Å². The van der Waals surface area contributed by atoms with Gasteiger partial charge >= 0.3 is 6.18 Å². The molecule has 40 heavy (non-hydrogen) atoms. The van der Waals surface area contributed by atoms with Gasteiger partial charge in [-0.1, -0.05) is 11.2 Å². The Labute approximate surface area is 231 Å². The van der Waals surface area contributed by atoms with Crippen LogP contribution in [0.2, 0.25) is 0 Å². The number of pyridine rings is 1. The highest BCUT2D eigenvalue weighted by Crippen LogP contribution is 2.37. The van der Waals surface area contributed by atoms with Crippen LogP contribution in [0, 0.1) is 6.92 Å². The van der Waals surface area contributed by atoms with Crippen LogP contribution in [0.5, 0.6) is 0 Å². The number of amidine groups is 1. The normalized spacial score (nSPS) is 13.9. The van der Waals surface area contributed by atoms with E-state index in [1.165, 1.54) is 12.5 Å². The zero-order valence-electron chi connectivity index (χ0n) is 20.7. The van der Waals surface area contributed by atoms with Crippen molar-refractivity contribution in [3.8, 4) is 0 Å². The summed E-state index contributed by atoms with van der Waals surface area (Å²) in [6.07, 6.45) is 2.98. The molecule has 0 radical (unpaired) electrons. The van der Waals surface area contributed by atoms with E-state index in [4.69, 9.17) is 9.52 Å². The molecule has 2 aliphatic heterocycles. The number of alkyl halides is 3. The van der Waals surface area contributed by atoms with Crippen LogP contribution in [0.4, 0.5) is 36.3 Å². The Bertz CT molecular complexity index is 1650. The van der Waals surface area contributed by atoms with Crippen LogP contribution in [-0.2, 0) is 6.18 Å². The molecule has 0 saturated heterocycles. The number of aliphatic imine (C=N–C) groups is 1. The van der Waals surface area contributed by atoms with Crippen molar-refractivity contribution in [1.29, 1.82) is 0 Å². The molecule has 6 rings (SSSR count). The molecule has 1 aromatic carbocycles. The van der Waals surface area contributed by atoms with Crippen molar-refractivity contribution in [2.24, 2.45) is 4.99 Å². The summed E-state index contributed by atoms with van der Waals surface area (Å²) in [7, 11) is 0. The van der Waals surface area contributed by atoms with Gasteiger partial charge in [0.05, 0.1) is 18.3 Å². The average molecular weight is 569 g/mol. The van der Waals surface area contributed by atoms with E-state index in [0.29, 0.717) is 36.2 Å². The molecular formula is C26H20ClF3N8O2. The summed E-state index contributed by atoms with van der Waals surface area (Å²) < 4.78 is 44.1. The fraction of sp³-hybridized carbons (Fsp3) is 0.154. The summed E-state index contributed by atoms with van der Waals surface area (Å²) in [6, 6.07) is 6.81. The van der Waals surface area contributed by atoms with Crippen molar-refractivity contribution in [1.82, 2.24) is 20.1 Å². The van der Waals surface area contributed by atoms with Crippen molar-refractivity contribution < 1.29 is 22.5 Å². The number of carbonyl (C=O) groups is 1. The number of nitrogens with zero attached hydrogens (tertiary/aromatic N) is 6. The van der Waals surface area contributed by atoms with E-state index in [1.807, 2.05) is 24.0 Å². The molecule has 2 aliphatic rings. The molecule has 0 aliphatic carbocycles. The third-order valence-electron chi connectivity index (χ3n) is 6.23. The van der Waals surface area contributed by atoms with Crippen LogP contribution in [0.15, 0.2) is 64.7 Å². The topological polar surface area (TPSA) is 121 Å². The van der Waals surface area contributed by atoms with Gasteiger partial charge in [0, 0.05) is 35.8 Å². The van der Waals surface area contributed by atoms with Crippen LogP contribution in [0.25, 0.3) is 11.6 Å². The summed E-state index contributed by atoms with van der Waals surface area (Å²) >= 11 is 0. The van der Waals surface area contributed by atoms with Crippen molar-refractivity contribution in [2.45, 2.75) is 13.1 Å². The maximum atomic E-state index is 13.1. The molecule has 3 aromatic heterocycles. The van der Waals surface area contributed by atoms with Crippen LogP contribution in [-0.4, -0.2) is 44.9 Å². The Morgan fingerprint density at radius 1 is 1.10 bits per heavy atom. The first-order valence-electron chi connectivity index (χ1n) is 11.8. The average Bonchev–Trinajstić information content (AvgIpc) is 3.62. The number of anilines is 4. The zero-order valence-corrected chi connectivity index (χ0v) is 21.5. The SMILES string of the molecule is Cc1ccc(NC(=O)c2cc(C(F)(F)F)ccn2)cc1C1=Cc2cnc(Nc3cnoc3)nc2N2CCN=C12.Cl. The second-order valence-electron chi connectivity index (χ2n) is 8.84. The molecule has 0 fully saturated rings. The summed E-state index contributed by atoms with van der Waals surface area (Å²) in [5.74, 6) is 1.05. The third kappa shape index (κ3) is 5.10. The largest absolute Gasteiger partial charge is 0.416 e. The summed E-state index contributed by atoms with van der Waals surface area (Å²) in [6.45, 7) is 3.12. The predicted molar refractivity (Wildman–Crippen MR) is 145 cm³/mol. The minimum absolute atomic E-state index is 0. The monoisotopic (exact) mass is 568 g/mol. The van der Waals surface area contributed by atoms with Gasteiger partial charge in [0.1, 0.15) is 29.3 Å². The number of hydrogen-bond acceptors (Lipinski definition) is 9. The van der Waals surface area contributed by atoms with Crippen molar-refractivity contribution in [2.75, 3.05) is 28.6 Å². The highest BCUT2D eigenvalue weighted by molar-refractivity contribution is 6.36. The van der Waals surface area contributed by atoms with Crippen LogP contribution < -0.4 is 15.5 Å². The molecule has 0 unspecified atom stereocenters. The van der Waals surface area contributed by atoms with Gasteiger partial charge < -0.3 is 20.1 Å². The molecule has 10 nitrogen and oxygen atoms in total. The van der Waals surface area contributed by atoms with E-state index in [2.05, 4.69) is 30.7 Å². The molecule has 0 saturated carbocycles. The van der Waals surface area contributed by atoms with E-state index >= 15 is 0 Å². The molecule has 1 amide bonds. The standard InChI is InChI=1S/C26H19F3N8O2.ClH/c1-14-2-3-17(34-24(38)21-9-16(4-5-30-21)26(27,28)29)10-19(14)20-8-15-11-32-25(35-18-12-33-39-13-18)36-22(15)37-7-6-31-23(20)37;/h2-5,8-13H,6-7H2,1H3,(H,34,38)(H,32,35,36);1H. The van der Waals surface area contributed by atoms with Gasteiger partial charge in [0.25, 0.3) is 5.91 Å². The van der Waals surface area contributed by atoms with Crippen molar-refractivity contribution in [3.05, 3.63) is 83.1 Å². The molecule has 204 valence electrons. The fourth-order valence-electron chi connectivity index (χ4n) is 4.37. The second-order valence-corrected chi connectivity index (χ2v) is 8.84. The maximum Gasteiger partial charge on any atom is 0.416 e. The lowest BCUT2D eigenvalue weighted by atomic mass is 9.94. The zero-order chi connectivity index (χ0) is 27.1. The van der Waals surface area contributed by atoms with Crippen LogP contribution in [0.3, 0.4) is 0 Å². The van der Waals surface area contributed by atoms with Crippen molar-refractivity contribution >= 4 is 58.9 Å². The number of aryl methyl sites for hydroxylation is 1. The van der Waals surface area contributed by atoms with E-state index in [1.54, 1.807) is 18.3 Å². The first kappa shape index (κ1) is 26.8. The minimum atomic E-state index is -4.58. The summed E-state index contributed by atoms with van der Waals surface area (Å²) in [4.78, 5) is 32.3. The predicted octanol–water partition coefficient (Wildman–Crippen LogP) is 5.38. The highest BCUT2D eigenvalue weighted by Gasteiger charge is 2.32. The smallest absolute Gasteiger partial charge is 0.363 e. The number of hydrogen-bond donors (Lipinski definition) is 2. The number of fused-ring (bicyclic) bond motifs is 3. The third-order valence-corrected chi connectivity index (χ3v) is 6.23. The molecule has 4 aromatic rings. The molecule has 0 bridgehead atoms. The van der Waals surface area contributed by atoms with Gasteiger partial charge in [-0.25, -0.2) is 4.98 Å². The number of aromatic nitrogens is 4. The molecule has 2 N–H and O–H groups in total. The van der Waals surface area contributed by atoms with Gasteiger partial charge in [-0.2, -0.15) is 18.2 Å². The Balaban J connectivity index is 0.00000323. The molecule has 0 spiro atoms. The van der Waals surface area contributed by atoms with Crippen molar-refractivity contribution in [3.63, 3.8) is 0 Å². The van der Waals surface area contributed by atoms with Crippen LogP contribution in [0.1, 0.15) is 32.7 Å². The van der Waals surface area contributed by atoms with E-state index in [9.17, 15) is 18.0 Å². The maximum absolute atomic E-state index is 13.1. The number of amides is 1. The minimum Gasteiger partial charge on any atom is -0.363 e. The first-order valence-corrected chi connectivity index (χ1v) is 11.8. The number of halogens is 4. The quantitative estimate of drug-likeness (QED) is 0.329. The Kier molecular flexibility index (Phi) is 6.98. The van der Waals surface area contributed by atoms with E-state index < -0.39 is 17.6 Å². The number of benzene rings is 1. The summed E-state index contributed by atoms with van der Waals surface area (Å²) in [5, 5.41) is 9.36. The Morgan fingerprint density at radius 2 is 1.95 bits per heavy atom. The lowest BCUT2D eigenvalue weighted by Gasteiger charge is -2.28. The van der Waals surface area contributed by atoms with Gasteiger partial charge in [0.15, 0.2) is 0 Å². The van der Waals surface area contributed by atoms with E-state index in [-0.39, 0.29) is 18.1 Å². The fourth-order valence-corrected chi connectivity index (χ4v) is 4.37. The number of rotatable bonds is 5. The first-order chi connectivity index (χ1) is 18.8. The lowest BCUT2D eigenvalue weighted by molar-refractivity contribution is -0.137. The second kappa shape index (κ2) is 10.4. The molecular weight excluding hydrogens is 549 g/mol. The summed E-state index contributed by atoms with van der Waals surface area (Å²) in [5.41, 5.74) is 3.05. The van der Waals surface area contributed by atoms with Gasteiger partial charge in [-0.05, 0) is 48.4 Å². The van der Waals surface area contributed by atoms with E-state index in [0.717, 1.165) is 46.4 Å². The lowest BCUT2D eigenvalue weighted by Crippen LogP contribution is -2.32.